The van der Waals surface area contributed by atoms with Gasteiger partial charge in [-0.25, -0.2) is 0 Å². The van der Waals surface area contributed by atoms with Gasteiger partial charge in [0.15, 0.2) is 0 Å². The summed E-state index contributed by atoms with van der Waals surface area (Å²) in [6, 6.07) is 9.94. The summed E-state index contributed by atoms with van der Waals surface area (Å²) >= 11 is 6.74. The van der Waals surface area contributed by atoms with Gasteiger partial charge in [0, 0.05) is 22.5 Å². The van der Waals surface area contributed by atoms with Crippen LogP contribution in [0.5, 0.6) is 0 Å². The van der Waals surface area contributed by atoms with E-state index in [2.05, 4.69) is 10.6 Å². The third kappa shape index (κ3) is 5.96. The molecule has 0 aliphatic carbocycles. The molecule has 0 atom stereocenters. The molecule has 0 saturated heterocycles. The first-order chi connectivity index (χ1) is 12.1. The molecule has 0 radical (unpaired) electrons. The Kier molecular flexibility index (Phi) is 6.55. The summed E-state index contributed by atoms with van der Waals surface area (Å²) in [6.07, 6.45) is -4.63. The molecular formula is C17H14ClF3N2O2S. The number of amides is 2. The molecule has 0 unspecified atom stereocenters. The Balaban J connectivity index is 2.03. The fraction of sp³-hybridized carbons (Fsp3) is 0.176. The molecule has 0 aliphatic heterocycles. The topological polar surface area (TPSA) is 58.2 Å². The number of anilines is 2. The molecule has 9 heteroatoms. The predicted molar refractivity (Wildman–Crippen MR) is 96.6 cm³/mol. The fourth-order valence-corrected chi connectivity index (χ4v) is 2.99. The van der Waals surface area contributed by atoms with Crippen molar-refractivity contribution in [2.24, 2.45) is 0 Å². The lowest BCUT2D eigenvalue weighted by molar-refractivity contribution is -0.137. The lowest BCUT2D eigenvalue weighted by Crippen LogP contribution is -2.18. The van der Waals surface area contributed by atoms with Gasteiger partial charge >= 0.3 is 6.18 Å². The number of carbonyl (C=O) groups is 2. The number of benzene rings is 2. The smallest absolute Gasteiger partial charge is 0.326 e. The maximum absolute atomic E-state index is 13.0. The van der Waals surface area contributed by atoms with Crippen LogP contribution in [0.25, 0.3) is 0 Å². The van der Waals surface area contributed by atoms with Crippen LogP contribution in [0, 0.1) is 0 Å². The van der Waals surface area contributed by atoms with Crippen LogP contribution in [-0.4, -0.2) is 17.6 Å². The SMILES string of the molecule is CC(=O)Nc1cccc(SCC(=O)Nc2ccc(Cl)cc2C(F)(F)F)c1. The van der Waals surface area contributed by atoms with Gasteiger partial charge in [0.2, 0.25) is 11.8 Å². The van der Waals surface area contributed by atoms with Crippen LogP contribution >= 0.6 is 23.4 Å². The van der Waals surface area contributed by atoms with Crippen LogP contribution in [-0.2, 0) is 15.8 Å². The lowest BCUT2D eigenvalue weighted by atomic mass is 10.1. The van der Waals surface area contributed by atoms with E-state index < -0.39 is 17.6 Å². The van der Waals surface area contributed by atoms with Crippen molar-refractivity contribution in [1.82, 2.24) is 0 Å². The van der Waals surface area contributed by atoms with Gasteiger partial charge in [-0.3, -0.25) is 9.59 Å². The summed E-state index contributed by atoms with van der Waals surface area (Å²) in [6.45, 7) is 1.37. The number of carbonyl (C=O) groups excluding carboxylic acids is 2. The highest BCUT2D eigenvalue weighted by Crippen LogP contribution is 2.36. The summed E-state index contributed by atoms with van der Waals surface area (Å²) in [5.41, 5.74) is -0.782. The molecule has 2 rings (SSSR count). The predicted octanol–water partition coefficient (Wildman–Crippen LogP) is 5.05. The van der Waals surface area contributed by atoms with Gasteiger partial charge in [0.05, 0.1) is 17.0 Å². The van der Waals surface area contributed by atoms with Crippen LogP contribution in [0.15, 0.2) is 47.4 Å². The molecule has 2 aromatic carbocycles. The highest BCUT2D eigenvalue weighted by Gasteiger charge is 2.34. The third-order valence-corrected chi connectivity index (χ3v) is 4.31. The highest BCUT2D eigenvalue weighted by atomic mass is 35.5. The van der Waals surface area contributed by atoms with Crippen molar-refractivity contribution < 1.29 is 22.8 Å². The van der Waals surface area contributed by atoms with Gasteiger partial charge < -0.3 is 10.6 Å². The van der Waals surface area contributed by atoms with Crippen molar-refractivity contribution in [2.45, 2.75) is 18.0 Å². The Morgan fingerprint density at radius 1 is 1.12 bits per heavy atom. The summed E-state index contributed by atoms with van der Waals surface area (Å²) < 4.78 is 39.1. The van der Waals surface area contributed by atoms with Gasteiger partial charge in [0.1, 0.15) is 0 Å². The summed E-state index contributed by atoms with van der Waals surface area (Å²) in [5.74, 6) is -0.913. The zero-order valence-corrected chi connectivity index (χ0v) is 15.1. The molecule has 0 fully saturated rings. The molecule has 0 spiro atoms. The molecular weight excluding hydrogens is 389 g/mol. The molecule has 0 aromatic heterocycles. The first kappa shape index (κ1) is 20.1. The number of hydrogen-bond donors (Lipinski definition) is 2. The number of hydrogen-bond acceptors (Lipinski definition) is 3. The van der Waals surface area contributed by atoms with Gasteiger partial charge in [-0.2, -0.15) is 13.2 Å². The number of alkyl halides is 3. The monoisotopic (exact) mass is 402 g/mol. The first-order valence-corrected chi connectivity index (χ1v) is 8.68. The maximum Gasteiger partial charge on any atom is 0.418 e. The van der Waals surface area contributed by atoms with Crippen LogP contribution < -0.4 is 10.6 Å². The van der Waals surface area contributed by atoms with Gasteiger partial charge in [-0.1, -0.05) is 17.7 Å². The molecule has 2 aromatic rings. The van der Waals surface area contributed by atoms with Crippen molar-refractivity contribution in [1.29, 1.82) is 0 Å². The number of thioether (sulfide) groups is 1. The quantitative estimate of drug-likeness (QED) is 0.688. The van der Waals surface area contributed by atoms with Crippen molar-refractivity contribution in [3.63, 3.8) is 0 Å². The average molecular weight is 403 g/mol. The first-order valence-electron chi connectivity index (χ1n) is 7.32. The summed E-state index contributed by atoms with van der Waals surface area (Å²) in [4.78, 5) is 23.8. The van der Waals surface area contributed by atoms with E-state index >= 15 is 0 Å². The maximum atomic E-state index is 13.0. The highest BCUT2D eigenvalue weighted by molar-refractivity contribution is 8.00. The van der Waals surface area contributed by atoms with E-state index in [4.69, 9.17) is 11.6 Å². The van der Waals surface area contributed by atoms with E-state index in [9.17, 15) is 22.8 Å². The van der Waals surface area contributed by atoms with Crippen molar-refractivity contribution in [3.8, 4) is 0 Å². The van der Waals surface area contributed by atoms with Crippen LogP contribution in [0.3, 0.4) is 0 Å². The van der Waals surface area contributed by atoms with Crippen LogP contribution in [0.1, 0.15) is 12.5 Å². The van der Waals surface area contributed by atoms with Crippen LogP contribution in [0.4, 0.5) is 24.5 Å². The Morgan fingerprint density at radius 3 is 2.50 bits per heavy atom. The zero-order chi connectivity index (χ0) is 19.3. The van der Waals surface area contributed by atoms with Crippen molar-refractivity contribution in [2.75, 3.05) is 16.4 Å². The number of rotatable bonds is 5. The summed E-state index contributed by atoms with van der Waals surface area (Å²) in [7, 11) is 0. The Hall–Kier alpha value is -2.19. The second kappa shape index (κ2) is 8.46. The third-order valence-electron chi connectivity index (χ3n) is 3.09. The van der Waals surface area contributed by atoms with E-state index in [-0.39, 0.29) is 22.4 Å². The second-order valence-electron chi connectivity index (χ2n) is 5.23. The molecule has 138 valence electrons. The minimum absolute atomic E-state index is 0.0699. The Bertz CT molecular complexity index is 828. The van der Waals surface area contributed by atoms with Gasteiger partial charge in [-0.05, 0) is 36.4 Å². The summed E-state index contributed by atoms with van der Waals surface area (Å²) in [5, 5.41) is 4.79. The molecule has 4 nitrogen and oxygen atoms in total. The van der Waals surface area contributed by atoms with Gasteiger partial charge in [0.25, 0.3) is 0 Å². The lowest BCUT2D eigenvalue weighted by Gasteiger charge is -2.14. The molecule has 0 aliphatic rings. The minimum Gasteiger partial charge on any atom is -0.326 e. The molecule has 0 heterocycles. The van der Waals surface area contributed by atoms with Crippen LogP contribution in [0.2, 0.25) is 5.02 Å². The zero-order valence-electron chi connectivity index (χ0n) is 13.5. The normalized spacial score (nSPS) is 11.1. The molecule has 2 amide bonds. The molecule has 0 saturated carbocycles. The van der Waals surface area contributed by atoms with E-state index in [1.165, 1.54) is 13.0 Å². The minimum atomic E-state index is -4.63. The standard InChI is InChI=1S/C17H14ClF3N2O2S/c1-10(24)22-12-3-2-4-13(8-12)26-9-16(25)23-15-6-5-11(18)7-14(15)17(19,20)21/h2-8H,9H2,1H3,(H,22,24)(H,23,25). The van der Waals surface area contributed by atoms with Gasteiger partial charge in [-0.15, -0.1) is 11.8 Å². The molecule has 26 heavy (non-hydrogen) atoms. The molecule has 0 bridgehead atoms. The molecule has 2 N–H and O–H groups in total. The Morgan fingerprint density at radius 2 is 1.85 bits per heavy atom. The van der Waals surface area contributed by atoms with E-state index in [1.807, 2.05) is 0 Å². The van der Waals surface area contributed by atoms with Crippen molar-refractivity contribution >= 4 is 46.6 Å². The van der Waals surface area contributed by atoms with E-state index in [0.717, 1.165) is 23.9 Å². The van der Waals surface area contributed by atoms with E-state index in [0.29, 0.717) is 10.6 Å². The average Bonchev–Trinajstić information content (AvgIpc) is 2.53. The second-order valence-corrected chi connectivity index (χ2v) is 6.72. The van der Waals surface area contributed by atoms with Crippen molar-refractivity contribution in [3.05, 3.63) is 53.1 Å². The fourth-order valence-electron chi connectivity index (χ4n) is 2.06. The Labute approximate surface area is 157 Å². The number of halogens is 4. The number of nitrogens with one attached hydrogen (secondary N) is 2. The van der Waals surface area contributed by atoms with E-state index in [1.54, 1.807) is 24.3 Å². The largest absolute Gasteiger partial charge is 0.418 e.